The van der Waals surface area contributed by atoms with Gasteiger partial charge in [-0.2, -0.15) is 12.7 Å². The summed E-state index contributed by atoms with van der Waals surface area (Å²) in [6.45, 7) is 0. The lowest BCUT2D eigenvalue weighted by atomic mass is 10.2. The molecule has 17 heavy (non-hydrogen) atoms. The van der Waals surface area contributed by atoms with Gasteiger partial charge < -0.3 is 0 Å². The lowest BCUT2D eigenvalue weighted by Gasteiger charge is -2.12. The molecule has 1 amide bonds. The zero-order valence-corrected chi connectivity index (χ0v) is 10.8. The molecule has 1 aromatic carbocycles. The number of carbonyl (C=O) groups excluding carboxylic acids is 1. The SMILES string of the molecule is CN(C)S(=O)(=O)NNC(=O)c1ccc(Cl)cc1. The Kier molecular flexibility index (Phi) is 4.47. The van der Waals surface area contributed by atoms with Gasteiger partial charge in [0.1, 0.15) is 0 Å². The van der Waals surface area contributed by atoms with Crippen LogP contribution in [0.1, 0.15) is 10.4 Å². The molecule has 0 atom stereocenters. The molecule has 0 bridgehead atoms. The van der Waals surface area contributed by atoms with Crippen LogP contribution >= 0.6 is 11.6 Å². The number of nitrogens with zero attached hydrogens (tertiary/aromatic N) is 1. The molecule has 0 radical (unpaired) electrons. The van der Waals surface area contributed by atoms with Crippen LogP contribution in [0.3, 0.4) is 0 Å². The van der Waals surface area contributed by atoms with Gasteiger partial charge in [0, 0.05) is 24.7 Å². The van der Waals surface area contributed by atoms with E-state index in [1.807, 2.05) is 4.83 Å². The third-order valence-electron chi connectivity index (χ3n) is 1.88. The summed E-state index contributed by atoms with van der Waals surface area (Å²) in [5.41, 5.74) is 2.38. The van der Waals surface area contributed by atoms with E-state index in [4.69, 9.17) is 11.6 Å². The first-order chi connectivity index (χ1) is 7.83. The third-order valence-corrected chi connectivity index (χ3v) is 3.45. The number of amides is 1. The number of hydrogen-bond acceptors (Lipinski definition) is 3. The fourth-order valence-corrected chi connectivity index (χ4v) is 1.41. The number of benzene rings is 1. The summed E-state index contributed by atoms with van der Waals surface area (Å²) in [6.07, 6.45) is 0. The number of rotatable bonds is 4. The molecular weight excluding hydrogens is 266 g/mol. The quantitative estimate of drug-likeness (QED) is 0.781. The molecule has 1 aromatic rings. The van der Waals surface area contributed by atoms with Crippen molar-refractivity contribution in [3.8, 4) is 0 Å². The van der Waals surface area contributed by atoms with Crippen LogP contribution in [-0.2, 0) is 10.2 Å². The fourth-order valence-electron chi connectivity index (χ4n) is 0.876. The van der Waals surface area contributed by atoms with Crippen LogP contribution in [0.15, 0.2) is 24.3 Å². The van der Waals surface area contributed by atoms with Crippen LogP contribution in [0, 0.1) is 0 Å². The van der Waals surface area contributed by atoms with E-state index in [1.54, 1.807) is 0 Å². The summed E-state index contributed by atoms with van der Waals surface area (Å²) in [5, 5.41) is 0.496. The number of halogens is 1. The van der Waals surface area contributed by atoms with Crippen LogP contribution in [0.25, 0.3) is 0 Å². The highest BCUT2D eigenvalue weighted by Gasteiger charge is 2.14. The summed E-state index contributed by atoms with van der Waals surface area (Å²) in [4.78, 5) is 13.5. The molecule has 0 unspecified atom stereocenters. The molecule has 1 rings (SSSR count). The number of hydrogen-bond donors (Lipinski definition) is 2. The summed E-state index contributed by atoms with van der Waals surface area (Å²) in [5.74, 6) is -0.563. The average molecular weight is 278 g/mol. The standard InChI is InChI=1S/C9H12ClN3O3S/c1-13(2)17(15,16)12-11-9(14)7-3-5-8(10)6-4-7/h3-6,12H,1-2H3,(H,11,14). The summed E-state index contributed by atoms with van der Waals surface area (Å²) < 4.78 is 23.5. The van der Waals surface area contributed by atoms with E-state index in [1.165, 1.54) is 38.4 Å². The fraction of sp³-hybridized carbons (Fsp3) is 0.222. The Morgan fingerprint density at radius 1 is 1.24 bits per heavy atom. The van der Waals surface area contributed by atoms with Gasteiger partial charge in [0.2, 0.25) is 0 Å². The Balaban J connectivity index is 2.65. The maximum Gasteiger partial charge on any atom is 0.295 e. The third kappa shape index (κ3) is 3.97. The average Bonchev–Trinajstić information content (AvgIpc) is 2.27. The molecule has 0 spiro atoms. The molecule has 0 aromatic heterocycles. The van der Waals surface area contributed by atoms with E-state index in [0.29, 0.717) is 10.6 Å². The zero-order valence-electron chi connectivity index (χ0n) is 9.27. The van der Waals surface area contributed by atoms with E-state index in [2.05, 4.69) is 5.43 Å². The summed E-state index contributed by atoms with van der Waals surface area (Å²) in [7, 11) is -0.996. The van der Waals surface area contributed by atoms with Gasteiger partial charge in [-0.15, -0.1) is 4.83 Å². The van der Waals surface area contributed by atoms with Gasteiger partial charge in [-0.1, -0.05) is 11.6 Å². The smallest absolute Gasteiger partial charge is 0.273 e. The Morgan fingerprint density at radius 2 is 1.76 bits per heavy atom. The van der Waals surface area contributed by atoms with Crippen molar-refractivity contribution >= 4 is 27.7 Å². The minimum absolute atomic E-state index is 0.302. The van der Waals surface area contributed by atoms with E-state index >= 15 is 0 Å². The highest BCUT2D eigenvalue weighted by molar-refractivity contribution is 7.87. The molecule has 94 valence electrons. The van der Waals surface area contributed by atoms with Crippen LogP contribution in [0.4, 0.5) is 0 Å². The molecular formula is C9H12ClN3O3S. The topological polar surface area (TPSA) is 78.5 Å². The first-order valence-electron chi connectivity index (χ1n) is 4.58. The second kappa shape index (κ2) is 5.46. The first kappa shape index (κ1) is 13.9. The Bertz CT molecular complexity index is 499. The van der Waals surface area contributed by atoms with Crippen molar-refractivity contribution < 1.29 is 13.2 Å². The monoisotopic (exact) mass is 277 g/mol. The largest absolute Gasteiger partial charge is 0.295 e. The van der Waals surface area contributed by atoms with E-state index < -0.39 is 16.1 Å². The normalized spacial score (nSPS) is 11.5. The summed E-state index contributed by atoms with van der Waals surface area (Å²) in [6, 6.07) is 6.05. The molecule has 0 aliphatic heterocycles. The van der Waals surface area contributed by atoms with Crippen molar-refractivity contribution in [3.05, 3.63) is 34.9 Å². The van der Waals surface area contributed by atoms with E-state index in [9.17, 15) is 13.2 Å². The van der Waals surface area contributed by atoms with Crippen molar-refractivity contribution in [1.82, 2.24) is 14.6 Å². The molecule has 0 saturated heterocycles. The van der Waals surface area contributed by atoms with Gasteiger partial charge in [-0.05, 0) is 24.3 Å². The second-order valence-corrected chi connectivity index (χ2v) is 5.67. The minimum atomic E-state index is -3.68. The number of carbonyl (C=O) groups is 1. The van der Waals surface area contributed by atoms with Crippen LogP contribution in [0.2, 0.25) is 5.02 Å². The Labute approximate surface area is 105 Å². The molecule has 6 nitrogen and oxygen atoms in total. The first-order valence-corrected chi connectivity index (χ1v) is 6.40. The molecule has 2 N–H and O–H groups in total. The molecule has 0 fully saturated rings. The maximum atomic E-state index is 11.5. The number of hydrazine groups is 1. The van der Waals surface area contributed by atoms with Crippen molar-refractivity contribution in [2.75, 3.05) is 14.1 Å². The molecule has 0 saturated carbocycles. The van der Waals surface area contributed by atoms with Crippen LogP contribution in [-0.4, -0.2) is 32.7 Å². The van der Waals surface area contributed by atoms with Crippen molar-refractivity contribution in [3.63, 3.8) is 0 Å². The van der Waals surface area contributed by atoms with Gasteiger partial charge in [0.15, 0.2) is 0 Å². The lowest BCUT2D eigenvalue weighted by molar-refractivity contribution is 0.0944. The lowest BCUT2D eigenvalue weighted by Crippen LogP contribution is -2.46. The predicted octanol–water partition coefficient (Wildman–Crippen LogP) is 0.381. The minimum Gasteiger partial charge on any atom is -0.273 e. The van der Waals surface area contributed by atoms with Crippen molar-refractivity contribution in [2.24, 2.45) is 0 Å². The van der Waals surface area contributed by atoms with Crippen molar-refractivity contribution in [2.45, 2.75) is 0 Å². The van der Waals surface area contributed by atoms with Crippen LogP contribution in [0.5, 0.6) is 0 Å². The highest BCUT2D eigenvalue weighted by atomic mass is 35.5. The van der Waals surface area contributed by atoms with E-state index in [-0.39, 0.29) is 0 Å². The zero-order chi connectivity index (χ0) is 13.1. The van der Waals surface area contributed by atoms with Crippen LogP contribution < -0.4 is 10.3 Å². The van der Waals surface area contributed by atoms with Gasteiger partial charge in [0.05, 0.1) is 0 Å². The Hall–Kier alpha value is -1.15. The van der Waals surface area contributed by atoms with Gasteiger partial charge in [-0.3, -0.25) is 10.2 Å². The second-order valence-electron chi connectivity index (χ2n) is 3.35. The summed E-state index contributed by atoms with van der Waals surface area (Å²) >= 11 is 5.66. The molecule has 0 aliphatic carbocycles. The molecule has 0 heterocycles. The maximum absolute atomic E-state index is 11.5. The van der Waals surface area contributed by atoms with E-state index in [0.717, 1.165) is 4.31 Å². The van der Waals surface area contributed by atoms with Gasteiger partial charge in [-0.25, -0.2) is 0 Å². The Morgan fingerprint density at radius 3 is 2.24 bits per heavy atom. The molecule has 8 heteroatoms. The van der Waals surface area contributed by atoms with Gasteiger partial charge >= 0.3 is 0 Å². The number of nitrogens with one attached hydrogen (secondary N) is 2. The van der Waals surface area contributed by atoms with Crippen molar-refractivity contribution in [1.29, 1.82) is 0 Å². The predicted molar refractivity (Wildman–Crippen MR) is 64.7 cm³/mol. The highest BCUT2D eigenvalue weighted by Crippen LogP contribution is 2.08. The van der Waals surface area contributed by atoms with Gasteiger partial charge in [0.25, 0.3) is 16.1 Å². The molecule has 0 aliphatic rings.